The lowest BCUT2D eigenvalue weighted by Gasteiger charge is -2.21. The normalized spacial score (nSPS) is 12.8. The number of H-pyrrole nitrogens is 1. The molecule has 4 aromatic rings. The molecule has 0 unspecified atom stereocenters. The van der Waals surface area contributed by atoms with Crippen LogP contribution in [0.2, 0.25) is 0 Å². The highest BCUT2D eigenvalue weighted by molar-refractivity contribution is 7.17. The van der Waals surface area contributed by atoms with Crippen LogP contribution < -0.4 is 20.3 Å². The van der Waals surface area contributed by atoms with E-state index in [0.717, 1.165) is 11.1 Å². The minimum absolute atomic E-state index is 0.123. The minimum atomic E-state index is -0.333. The number of aromatic nitrogens is 2. The first kappa shape index (κ1) is 23.0. The summed E-state index contributed by atoms with van der Waals surface area (Å²) in [7, 11) is 0. The molecule has 1 aliphatic heterocycles. The molecule has 0 radical (unpaired) electrons. The molecular weight excluding hydrogens is 471 g/mol. The number of hydrogen-bond acceptors (Lipinski definition) is 7. The largest absolute Gasteiger partial charge is 0.486 e. The minimum Gasteiger partial charge on any atom is -0.486 e. The van der Waals surface area contributed by atoms with Crippen molar-refractivity contribution < 1.29 is 18.7 Å². The molecule has 2 aromatic heterocycles. The Balaban J connectivity index is 1.29. The molecule has 0 fully saturated rings. The molecule has 0 saturated heterocycles. The van der Waals surface area contributed by atoms with Crippen LogP contribution in [-0.2, 0) is 11.3 Å². The van der Waals surface area contributed by atoms with Crippen molar-refractivity contribution >= 4 is 33.1 Å². The molecular formula is C25H23FN4O4S. The lowest BCUT2D eigenvalue weighted by atomic mass is 10.1. The standard InChI is InChI=1S/C25H23FN4O4S/c1-2-30(13-22(31)27-17-7-8-19-20(11-17)34-10-9-33-19)12-21-28-24(32)23-18(14-35-25(23)29-21)15-3-5-16(26)6-4-15/h3-8,11,14H,2,9-10,12-13H2,1H3,(H,27,31)(H,28,29,32). The maximum atomic E-state index is 13.3. The summed E-state index contributed by atoms with van der Waals surface area (Å²) in [6.07, 6.45) is 0. The number of nitrogens with zero attached hydrogens (tertiary/aromatic N) is 2. The van der Waals surface area contributed by atoms with Crippen LogP contribution in [0.1, 0.15) is 12.7 Å². The average molecular weight is 495 g/mol. The number of hydrogen-bond donors (Lipinski definition) is 2. The Labute approximate surface area is 204 Å². The number of thiophene rings is 1. The predicted molar refractivity (Wildman–Crippen MR) is 133 cm³/mol. The number of halogens is 1. The molecule has 35 heavy (non-hydrogen) atoms. The molecule has 2 aromatic carbocycles. The van der Waals surface area contributed by atoms with Gasteiger partial charge in [0.25, 0.3) is 5.56 Å². The van der Waals surface area contributed by atoms with Crippen LogP contribution in [0.15, 0.2) is 52.6 Å². The summed E-state index contributed by atoms with van der Waals surface area (Å²) >= 11 is 1.36. The summed E-state index contributed by atoms with van der Waals surface area (Å²) in [4.78, 5) is 35.5. The number of amides is 1. The van der Waals surface area contributed by atoms with Gasteiger partial charge in [-0.2, -0.15) is 0 Å². The number of nitrogens with one attached hydrogen (secondary N) is 2. The highest BCUT2D eigenvalue weighted by Gasteiger charge is 2.17. The second-order valence-electron chi connectivity index (χ2n) is 8.06. The molecule has 180 valence electrons. The Morgan fingerprint density at radius 3 is 2.71 bits per heavy atom. The predicted octanol–water partition coefficient (Wildman–Crippen LogP) is 4.02. The van der Waals surface area contributed by atoms with Crippen LogP contribution in [0, 0.1) is 5.82 Å². The van der Waals surface area contributed by atoms with E-state index in [2.05, 4.69) is 15.3 Å². The molecule has 1 amide bonds. The Kier molecular flexibility index (Phi) is 6.47. The summed E-state index contributed by atoms with van der Waals surface area (Å²) in [5.74, 6) is 1.21. The Bertz CT molecular complexity index is 1430. The fourth-order valence-corrected chi connectivity index (χ4v) is 4.89. The van der Waals surface area contributed by atoms with Crippen molar-refractivity contribution in [1.82, 2.24) is 14.9 Å². The van der Waals surface area contributed by atoms with Crippen molar-refractivity contribution in [1.29, 1.82) is 0 Å². The van der Waals surface area contributed by atoms with E-state index in [0.29, 0.717) is 59.5 Å². The summed E-state index contributed by atoms with van der Waals surface area (Å²) in [6, 6.07) is 11.3. The third-order valence-corrected chi connectivity index (χ3v) is 6.53. The van der Waals surface area contributed by atoms with Crippen molar-refractivity contribution in [3.05, 3.63) is 69.8 Å². The van der Waals surface area contributed by atoms with E-state index in [9.17, 15) is 14.0 Å². The first-order valence-electron chi connectivity index (χ1n) is 11.2. The second kappa shape index (κ2) is 9.85. The first-order chi connectivity index (χ1) is 17.0. The van der Waals surface area contributed by atoms with Crippen LogP contribution in [0.3, 0.4) is 0 Å². The van der Waals surface area contributed by atoms with Crippen molar-refractivity contribution in [3.63, 3.8) is 0 Å². The molecule has 0 atom stereocenters. The third kappa shape index (κ3) is 5.03. The second-order valence-corrected chi connectivity index (χ2v) is 8.92. The molecule has 0 saturated carbocycles. The smallest absolute Gasteiger partial charge is 0.260 e. The van der Waals surface area contributed by atoms with Gasteiger partial charge in [-0.15, -0.1) is 11.3 Å². The lowest BCUT2D eigenvalue weighted by molar-refractivity contribution is -0.117. The van der Waals surface area contributed by atoms with Crippen LogP contribution >= 0.6 is 11.3 Å². The van der Waals surface area contributed by atoms with E-state index in [1.807, 2.05) is 17.2 Å². The number of fused-ring (bicyclic) bond motifs is 2. The van der Waals surface area contributed by atoms with Gasteiger partial charge in [0, 0.05) is 22.7 Å². The van der Waals surface area contributed by atoms with Gasteiger partial charge in [0.1, 0.15) is 29.7 Å². The van der Waals surface area contributed by atoms with E-state index in [1.54, 1.807) is 30.3 Å². The Morgan fingerprint density at radius 1 is 1.17 bits per heavy atom. The average Bonchev–Trinajstić information content (AvgIpc) is 3.28. The van der Waals surface area contributed by atoms with E-state index in [-0.39, 0.29) is 23.8 Å². The van der Waals surface area contributed by atoms with E-state index < -0.39 is 0 Å². The van der Waals surface area contributed by atoms with Gasteiger partial charge in [-0.3, -0.25) is 14.5 Å². The van der Waals surface area contributed by atoms with Crippen LogP contribution in [0.5, 0.6) is 11.5 Å². The summed E-state index contributed by atoms with van der Waals surface area (Å²) in [6.45, 7) is 3.93. The topological polar surface area (TPSA) is 96.6 Å². The molecule has 5 rings (SSSR count). The number of rotatable bonds is 7. The number of likely N-dealkylation sites (N-methyl/N-ethyl adjacent to an activating group) is 1. The van der Waals surface area contributed by atoms with Gasteiger partial charge in [0.15, 0.2) is 11.5 Å². The van der Waals surface area contributed by atoms with Gasteiger partial charge in [0.05, 0.1) is 18.5 Å². The molecule has 0 aliphatic carbocycles. The number of anilines is 1. The number of carbonyl (C=O) groups is 1. The number of carbonyl (C=O) groups excluding carboxylic acids is 1. The third-order valence-electron chi connectivity index (χ3n) is 5.66. The van der Waals surface area contributed by atoms with Gasteiger partial charge >= 0.3 is 0 Å². The van der Waals surface area contributed by atoms with Gasteiger partial charge < -0.3 is 19.8 Å². The molecule has 8 nitrogen and oxygen atoms in total. The van der Waals surface area contributed by atoms with Crippen LogP contribution in [0.4, 0.5) is 10.1 Å². The summed E-state index contributed by atoms with van der Waals surface area (Å²) in [5, 5.41) is 5.20. The maximum Gasteiger partial charge on any atom is 0.260 e. The zero-order chi connectivity index (χ0) is 24.4. The monoisotopic (exact) mass is 494 g/mol. The van der Waals surface area contributed by atoms with E-state index in [1.165, 1.54) is 23.5 Å². The van der Waals surface area contributed by atoms with Crippen molar-refractivity contribution in [2.24, 2.45) is 0 Å². The van der Waals surface area contributed by atoms with E-state index >= 15 is 0 Å². The first-order valence-corrected chi connectivity index (χ1v) is 12.1. The molecule has 0 bridgehead atoms. The molecule has 1 aliphatic rings. The molecule has 3 heterocycles. The highest BCUT2D eigenvalue weighted by Crippen LogP contribution is 2.33. The lowest BCUT2D eigenvalue weighted by Crippen LogP contribution is -2.33. The van der Waals surface area contributed by atoms with Gasteiger partial charge in [-0.05, 0) is 36.4 Å². The van der Waals surface area contributed by atoms with Crippen molar-refractivity contribution in [3.8, 4) is 22.6 Å². The van der Waals surface area contributed by atoms with Gasteiger partial charge in [0.2, 0.25) is 5.91 Å². The van der Waals surface area contributed by atoms with Crippen LogP contribution in [0.25, 0.3) is 21.3 Å². The zero-order valence-corrected chi connectivity index (χ0v) is 19.8. The van der Waals surface area contributed by atoms with Crippen LogP contribution in [-0.4, -0.2) is 47.1 Å². The Hall–Kier alpha value is -3.76. The summed E-state index contributed by atoms with van der Waals surface area (Å²) in [5.41, 5.74) is 1.83. The van der Waals surface area contributed by atoms with Gasteiger partial charge in [-0.25, -0.2) is 9.37 Å². The molecule has 0 spiro atoms. The van der Waals surface area contributed by atoms with E-state index in [4.69, 9.17) is 9.47 Å². The van der Waals surface area contributed by atoms with Gasteiger partial charge in [-0.1, -0.05) is 19.1 Å². The quantitative estimate of drug-likeness (QED) is 0.403. The highest BCUT2D eigenvalue weighted by atomic mass is 32.1. The Morgan fingerprint density at radius 2 is 1.94 bits per heavy atom. The molecule has 10 heteroatoms. The fraction of sp³-hybridized carbons (Fsp3) is 0.240. The molecule has 2 N–H and O–H groups in total. The zero-order valence-electron chi connectivity index (χ0n) is 19.0. The van der Waals surface area contributed by atoms with Crippen molar-refractivity contribution in [2.45, 2.75) is 13.5 Å². The fourth-order valence-electron chi connectivity index (χ4n) is 3.93. The summed E-state index contributed by atoms with van der Waals surface area (Å²) < 4.78 is 24.4. The number of ether oxygens (including phenoxy) is 2. The van der Waals surface area contributed by atoms with Crippen molar-refractivity contribution in [2.75, 3.05) is 31.6 Å². The maximum absolute atomic E-state index is 13.3. The number of benzene rings is 2. The SMILES string of the molecule is CCN(CC(=O)Nc1ccc2c(c1)OCCO2)Cc1nc2scc(-c3ccc(F)cc3)c2c(=O)[nH]1. The number of aromatic amines is 1.